The Bertz CT molecular complexity index is 379. The lowest BCUT2D eigenvalue weighted by Gasteiger charge is -2.36. The molecule has 1 aromatic rings. The summed E-state index contributed by atoms with van der Waals surface area (Å²) in [6.07, 6.45) is 2.66. The second-order valence-electron chi connectivity index (χ2n) is 4.62. The highest BCUT2D eigenvalue weighted by Crippen LogP contribution is 2.29. The highest BCUT2D eigenvalue weighted by atomic mass is 35.5. The lowest BCUT2D eigenvalue weighted by atomic mass is 10.0. The Labute approximate surface area is 108 Å². The summed E-state index contributed by atoms with van der Waals surface area (Å²) in [6.45, 7) is 9.28. The third-order valence-electron chi connectivity index (χ3n) is 3.15. The minimum Gasteiger partial charge on any atom is -0.354 e. The van der Waals surface area contributed by atoms with E-state index in [1.807, 2.05) is 14.0 Å². The number of aromatic nitrogens is 2. The molecule has 0 aliphatic carbocycles. The van der Waals surface area contributed by atoms with Gasteiger partial charge in [0.15, 0.2) is 5.82 Å². The molecule has 0 aliphatic rings. The van der Waals surface area contributed by atoms with Crippen LogP contribution in [0.2, 0.25) is 5.02 Å². The maximum atomic E-state index is 6.16. The Morgan fingerprint density at radius 2 is 2.06 bits per heavy atom. The van der Waals surface area contributed by atoms with Crippen LogP contribution in [0, 0.1) is 0 Å². The van der Waals surface area contributed by atoms with Gasteiger partial charge in [-0.1, -0.05) is 18.5 Å². The topological polar surface area (TPSA) is 41.1 Å². The molecule has 0 spiro atoms. The molecule has 4 nitrogen and oxygen atoms in total. The van der Waals surface area contributed by atoms with Crippen molar-refractivity contribution in [3.8, 4) is 0 Å². The Hall–Kier alpha value is -1.03. The monoisotopic (exact) mass is 256 g/mol. The van der Waals surface area contributed by atoms with E-state index in [2.05, 4.69) is 41.0 Å². The van der Waals surface area contributed by atoms with E-state index in [-0.39, 0.29) is 5.54 Å². The van der Waals surface area contributed by atoms with Crippen LogP contribution in [0.4, 0.5) is 11.8 Å². The van der Waals surface area contributed by atoms with Gasteiger partial charge in [-0.3, -0.25) is 0 Å². The van der Waals surface area contributed by atoms with Crippen LogP contribution in [0.1, 0.15) is 34.1 Å². The lowest BCUT2D eigenvalue weighted by Crippen LogP contribution is -2.41. The number of rotatable bonds is 5. The Kier molecular flexibility index (Phi) is 4.57. The van der Waals surface area contributed by atoms with Crippen molar-refractivity contribution in [2.75, 3.05) is 23.8 Å². The third-order valence-corrected chi connectivity index (χ3v) is 3.42. The molecular weight excluding hydrogens is 236 g/mol. The van der Waals surface area contributed by atoms with E-state index in [0.717, 1.165) is 18.8 Å². The molecule has 1 heterocycles. The molecule has 1 N–H and O–H groups in total. The molecule has 0 saturated heterocycles. The summed E-state index contributed by atoms with van der Waals surface area (Å²) in [4.78, 5) is 10.7. The van der Waals surface area contributed by atoms with Crippen LogP contribution < -0.4 is 10.2 Å². The molecule has 0 bridgehead atoms. The average molecular weight is 257 g/mol. The van der Waals surface area contributed by atoms with Gasteiger partial charge in [0, 0.05) is 19.1 Å². The first kappa shape index (κ1) is 14.0. The first-order valence-electron chi connectivity index (χ1n) is 5.92. The number of anilines is 2. The van der Waals surface area contributed by atoms with Gasteiger partial charge < -0.3 is 10.2 Å². The summed E-state index contributed by atoms with van der Waals surface area (Å²) in [6, 6.07) is 0. The van der Waals surface area contributed by atoms with Crippen LogP contribution >= 0.6 is 11.6 Å². The molecule has 96 valence electrons. The number of nitrogens with one attached hydrogen (secondary N) is 1. The fourth-order valence-corrected chi connectivity index (χ4v) is 1.58. The molecule has 0 aromatic carbocycles. The largest absolute Gasteiger partial charge is 0.354 e. The molecule has 0 atom stereocenters. The quantitative estimate of drug-likeness (QED) is 0.879. The van der Waals surface area contributed by atoms with E-state index in [9.17, 15) is 0 Å². The highest BCUT2D eigenvalue weighted by molar-refractivity contribution is 6.32. The maximum Gasteiger partial charge on any atom is 0.224 e. The number of nitrogens with zero attached hydrogens (tertiary/aromatic N) is 3. The average Bonchev–Trinajstić information content (AvgIpc) is 2.31. The zero-order chi connectivity index (χ0) is 13.1. The molecule has 17 heavy (non-hydrogen) atoms. The summed E-state index contributed by atoms with van der Waals surface area (Å²) >= 11 is 6.16. The van der Waals surface area contributed by atoms with Crippen LogP contribution in [-0.2, 0) is 0 Å². The van der Waals surface area contributed by atoms with E-state index in [4.69, 9.17) is 11.6 Å². The lowest BCUT2D eigenvalue weighted by molar-refractivity contribution is 0.467. The summed E-state index contributed by atoms with van der Waals surface area (Å²) in [5.74, 6) is 1.38. The van der Waals surface area contributed by atoms with E-state index < -0.39 is 0 Å². The fourth-order valence-electron chi connectivity index (χ4n) is 1.36. The summed E-state index contributed by atoms with van der Waals surface area (Å²) in [5, 5.41) is 3.67. The van der Waals surface area contributed by atoms with E-state index in [1.54, 1.807) is 6.20 Å². The zero-order valence-electron chi connectivity index (χ0n) is 11.2. The van der Waals surface area contributed by atoms with Gasteiger partial charge in [-0.2, -0.15) is 4.98 Å². The number of hydrogen-bond acceptors (Lipinski definition) is 4. The Morgan fingerprint density at radius 3 is 2.59 bits per heavy atom. The standard InChI is InChI=1S/C12H21ClN4/c1-6-12(3,4)17(5)10-9(13)8-15-11(16-10)14-7-2/h8H,6-7H2,1-5H3,(H,14,15,16). The normalized spacial score (nSPS) is 11.4. The molecule has 0 radical (unpaired) electrons. The third kappa shape index (κ3) is 3.22. The van der Waals surface area contributed by atoms with Gasteiger partial charge in [0.2, 0.25) is 5.95 Å². The van der Waals surface area contributed by atoms with Gasteiger partial charge in [-0.15, -0.1) is 0 Å². The second-order valence-corrected chi connectivity index (χ2v) is 5.03. The SMILES string of the molecule is CCNc1ncc(Cl)c(N(C)C(C)(C)CC)n1. The molecule has 0 saturated carbocycles. The molecule has 5 heteroatoms. The van der Waals surface area contributed by atoms with Crippen molar-refractivity contribution in [1.29, 1.82) is 0 Å². The van der Waals surface area contributed by atoms with Gasteiger partial charge in [-0.05, 0) is 27.2 Å². The highest BCUT2D eigenvalue weighted by Gasteiger charge is 2.24. The minimum absolute atomic E-state index is 0.0154. The van der Waals surface area contributed by atoms with Crippen LogP contribution in [0.5, 0.6) is 0 Å². The first-order chi connectivity index (χ1) is 7.92. The summed E-state index contributed by atoms with van der Waals surface area (Å²) < 4.78 is 0. The summed E-state index contributed by atoms with van der Waals surface area (Å²) in [7, 11) is 2.01. The molecule has 0 fully saturated rings. The van der Waals surface area contributed by atoms with Crippen LogP contribution in [0.3, 0.4) is 0 Å². The van der Waals surface area contributed by atoms with Gasteiger partial charge in [-0.25, -0.2) is 4.98 Å². The van der Waals surface area contributed by atoms with Crippen LogP contribution in [0.25, 0.3) is 0 Å². The van der Waals surface area contributed by atoms with Crippen molar-refractivity contribution in [2.24, 2.45) is 0 Å². The van der Waals surface area contributed by atoms with Crippen molar-refractivity contribution in [2.45, 2.75) is 39.7 Å². The number of halogens is 1. The molecular formula is C12H21ClN4. The predicted octanol–water partition coefficient (Wildman–Crippen LogP) is 3.19. The summed E-state index contributed by atoms with van der Waals surface area (Å²) in [5.41, 5.74) is 0.0154. The molecule has 1 rings (SSSR count). The van der Waals surface area contributed by atoms with Gasteiger partial charge >= 0.3 is 0 Å². The molecule has 0 unspecified atom stereocenters. The van der Waals surface area contributed by atoms with Crippen molar-refractivity contribution >= 4 is 23.4 Å². The number of hydrogen-bond donors (Lipinski definition) is 1. The first-order valence-corrected chi connectivity index (χ1v) is 6.30. The van der Waals surface area contributed by atoms with Crippen LogP contribution in [-0.4, -0.2) is 29.1 Å². The van der Waals surface area contributed by atoms with Crippen molar-refractivity contribution < 1.29 is 0 Å². The Balaban J connectivity index is 3.07. The zero-order valence-corrected chi connectivity index (χ0v) is 12.0. The van der Waals surface area contributed by atoms with Crippen molar-refractivity contribution in [3.63, 3.8) is 0 Å². The molecule has 0 amide bonds. The fraction of sp³-hybridized carbons (Fsp3) is 0.667. The van der Waals surface area contributed by atoms with Crippen molar-refractivity contribution in [3.05, 3.63) is 11.2 Å². The van der Waals surface area contributed by atoms with Gasteiger partial charge in [0.05, 0.1) is 6.20 Å². The minimum atomic E-state index is 0.0154. The van der Waals surface area contributed by atoms with E-state index >= 15 is 0 Å². The smallest absolute Gasteiger partial charge is 0.224 e. The predicted molar refractivity (Wildman–Crippen MR) is 74.0 cm³/mol. The second kappa shape index (κ2) is 5.54. The van der Waals surface area contributed by atoms with E-state index in [1.165, 1.54) is 0 Å². The van der Waals surface area contributed by atoms with Crippen molar-refractivity contribution in [1.82, 2.24) is 9.97 Å². The van der Waals surface area contributed by atoms with Crippen LogP contribution in [0.15, 0.2) is 6.20 Å². The van der Waals surface area contributed by atoms with E-state index in [0.29, 0.717) is 11.0 Å². The Morgan fingerprint density at radius 1 is 1.41 bits per heavy atom. The maximum absolute atomic E-state index is 6.16. The molecule has 0 aliphatic heterocycles. The molecule has 1 aromatic heterocycles. The van der Waals surface area contributed by atoms with Gasteiger partial charge in [0.1, 0.15) is 5.02 Å². The van der Waals surface area contributed by atoms with Gasteiger partial charge in [0.25, 0.3) is 0 Å².